The number of halogens is 2. The predicted molar refractivity (Wildman–Crippen MR) is 212 cm³/mol. The molecule has 56 heavy (non-hydrogen) atoms. The lowest BCUT2D eigenvalue weighted by Gasteiger charge is -2.56. The van der Waals surface area contributed by atoms with Crippen molar-refractivity contribution in [2.24, 2.45) is 23.2 Å². The quantitative estimate of drug-likeness (QED) is 0.166. The molecule has 4 bridgehead atoms. The maximum Gasteiger partial charge on any atom is 0.248 e. The lowest BCUT2D eigenvalue weighted by molar-refractivity contribution is -0.189. The van der Waals surface area contributed by atoms with Gasteiger partial charge in [0.05, 0.1) is 44.3 Å². The molecule has 0 unspecified atom stereocenters. The highest BCUT2D eigenvalue weighted by Gasteiger charge is 2.51. The van der Waals surface area contributed by atoms with Crippen LogP contribution < -0.4 is 15.0 Å². The summed E-state index contributed by atoms with van der Waals surface area (Å²) in [6, 6.07) is 13.3. The van der Waals surface area contributed by atoms with Crippen molar-refractivity contribution in [2.75, 3.05) is 77.3 Å². The van der Waals surface area contributed by atoms with Crippen LogP contribution in [0.4, 0.5) is 5.69 Å². The molecule has 1 N–H and O–H groups in total. The minimum absolute atomic E-state index is 0.0178. The first-order valence-electron chi connectivity index (χ1n) is 20.1. The normalized spacial score (nSPS) is 28.2. The van der Waals surface area contributed by atoms with Crippen molar-refractivity contribution < 1.29 is 33.3 Å². The third-order valence-corrected chi connectivity index (χ3v) is 12.8. The number of hydrogen-bond donors (Lipinski definition) is 1. The van der Waals surface area contributed by atoms with Gasteiger partial charge in [-0.15, -0.1) is 0 Å². The summed E-state index contributed by atoms with van der Waals surface area (Å²) < 4.78 is 32.1. The van der Waals surface area contributed by atoms with Crippen LogP contribution in [0.3, 0.4) is 0 Å². The molecule has 2 aromatic carbocycles. The number of aromatic nitrogens is 2. The summed E-state index contributed by atoms with van der Waals surface area (Å²) in [6.07, 6.45) is 13.5. The highest BCUT2D eigenvalue weighted by molar-refractivity contribution is 6.35. The fraction of sp³-hybridized carbons (Fsp3) is 0.595. The molecule has 12 nitrogen and oxygen atoms in total. The van der Waals surface area contributed by atoms with Crippen molar-refractivity contribution in [1.82, 2.24) is 19.8 Å². The maximum atomic E-state index is 12.8. The number of carbonyl (C=O) groups excluding carboxylic acids is 2. The van der Waals surface area contributed by atoms with Gasteiger partial charge >= 0.3 is 0 Å². The Labute approximate surface area is 339 Å². The molecule has 2 aliphatic heterocycles. The van der Waals surface area contributed by atoms with Gasteiger partial charge in [0, 0.05) is 67.8 Å². The molecule has 2 amide bonds. The van der Waals surface area contributed by atoms with Gasteiger partial charge in [0.2, 0.25) is 17.6 Å². The molecule has 302 valence electrons. The number of carbonyl (C=O) groups is 2. The number of piperazine rings is 1. The molecule has 14 heteroatoms. The molecule has 9 rings (SSSR count). The van der Waals surface area contributed by atoms with Crippen molar-refractivity contribution in [2.45, 2.75) is 63.4 Å². The van der Waals surface area contributed by atoms with E-state index in [1.807, 2.05) is 46.0 Å². The number of anilines is 1. The van der Waals surface area contributed by atoms with E-state index in [1.165, 1.54) is 38.5 Å². The maximum absolute atomic E-state index is 12.8. The first-order chi connectivity index (χ1) is 27.2. The van der Waals surface area contributed by atoms with Crippen LogP contribution in [0, 0.1) is 23.2 Å². The summed E-state index contributed by atoms with van der Waals surface area (Å²) in [7, 11) is 0. The summed E-state index contributed by atoms with van der Waals surface area (Å²) >= 11 is 12.8. The first kappa shape index (κ1) is 39.4. The topological polar surface area (TPSA) is 117 Å². The molecule has 1 aromatic heterocycles. The molecule has 4 saturated carbocycles. The number of imidazole rings is 1. The second-order valence-electron chi connectivity index (χ2n) is 16.4. The first-order valence-corrected chi connectivity index (χ1v) is 20.9. The average Bonchev–Trinajstić information content (AvgIpc) is 3.85. The number of benzene rings is 2. The van der Waals surface area contributed by atoms with E-state index in [-0.39, 0.29) is 29.9 Å². The summed E-state index contributed by atoms with van der Waals surface area (Å²) in [4.78, 5) is 33.8. The standard InChI is InChI=1S/C42H53Cl2N5O7/c43-33-1-6-37(38(44)20-33)42(28-47-9-7-45-29-47)55-26-36(56-42)25-54-35-4-2-34(3-5-35)48-10-12-49(13-11-48)40(51)27-53-16-15-52-14-8-46-39(50)24-41-21-30-17-31(22-41)19-32(18-30)23-41/h1-7,9,20,29-32,36H,8,10-19,21-28H2,(H,46,50)/t30?,31?,32?,36-,41?,42-/m0/s1. The van der Waals surface area contributed by atoms with Gasteiger partial charge in [-0.05, 0) is 98.1 Å². The molecule has 0 radical (unpaired) electrons. The van der Waals surface area contributed by atoms with Crippen molar-refractivity contribution in [3.8, 4) is 5.75 Å². The van der Waals surface area contributed by atoms with Crippen molar-refractivity contribution in [1.29, 1.82) is 0 Å². The Hall–Kier alpha value is -3.39. The lowest BCUT2D eigenvalue weighted by atomic mass is 9.49. The Morgan fingerprint density at radius 3 is 2.34 bits per heavy atom. The number of nitrogens with zero attached hydrogens (tertiary/aromatic N) is 4. The van der Waals surface area contributed by atoms with Crippen LogP contribution >= 0.6 is 23.2 Å². The monoisotopic (exact) mass is 809 g/mol. The Morgan fingerprint density at radius 1 is 0.911 bits per heavy atom. The minimum atomic E-state index is -1.11. The number of rotatable bonds is 17. The van der Waals surface area contributed by atoms with E-state index in [2.05, 4.69) is 15.2 Å². The second-order valence-corrected chi connectivity index (χ2v) is 17.3. The van der Waals surface area contributed by atoms with E-state index in [0.717, 1.165) is 42.3 Å². The van der Waals surface area contributed by atoms with Gasteiger partial charge < -0.3 is 43.4 Å². The zero-order chi connectivity index (χ0) is 38.5. The Balaban J connectivity index is 0.695. The van der Waals surface area contributed by atoms with Gasteiger partial charge in [-0.25, -0.2) is 4.98 Å². The van der Waals surface area contributed by atoms with E-state index >= 15 is 0 Å². The molecule has 4 aliphatic carbocycles. The molecule has 2 atom stereocenters. The van der Waals surface area contributed by atoms with Crippen LogP contribution in [0.1, 0.15) is 50.5 Å². The number of amides is 2. The fourth-order valence-corrected chi connectivity index (χ4v) is 10.7. The minimum Gasteiger partial charge on any atom is -0.491 e. The van der Waals surface area contributed by atoms with Crippen LogP contribution in [0.25, 0.3) is 0 Å². The molecule has 6 aliphatic rings. The Morgan fingerprint density at radius 2 is 1.64 bits per heavy atom. The molecule has 3 heterocycles. The number of nitrogens with one attached hydrogen (secondary N) is 1. The van der Waals surface area contributed by atoms with Crippen molar-refractivity contribution in [3.63, 3.8) is 0 Å². The van der Waals surface area contributed by atoms with E-state index < -0.39 is 5.79 Å². The van der Waals surface area contributed by atoms with Crippen molar-refractivity contribution >= 4 is 40.7 Å². The second kappa shape index (κ2) is 17.6. The highest BCUT2D eigenvalue weighted by atomic mass is 35.5. The highest BCUT2D eigenvalue weighted by Crippen LogP contribution is 2.61. The van der Waals surface area contributed by atoms with E-state index in [9.17, 15) is 9.59 Å². The molecule has 2 saturated heterocycles. The van der Waals surface area contributed by atoms with Gasteiger partial charge in [0.25, 0.3) is 0 Å². The van der Waals surface area contributed by atoms with Gasteiger partial charge in [-0.1, -0.05) is 29.3 Å². The van der Waals surface area contributed by atoms with Crippen LogP contribution in [-0.4, -0.2) is 105 Å². The number of hydrogen-bond acceptors (Lipinski definition) is 9. The van der Waals surface area contributed by atoms with Gasteiger partial charge in [-0.2, -0.15) is 0 Å². The summed E-state index contributed by atoms with van der Waals surface area (Å²) in [5, 5.41) is 4.06. The number of ether oxygens (including phenoxy) is 5. The zero-order valence-electron chi connectivity index (χ0n) is 31.9. The Kier molecular flexibility index (Phi) is 12.4. The summed E-state index contributed by atoms with van der Waals surface area (Å²) in [5.74, 6) is 2.32. The zero-order valence-corrected chi connectivity index (χ0v) is 33.4. The van der Waals surface area contributed by atoms with E-state index in [4.69, 9.17) is 46.9 Å². The van der Waals surface area contributed by atoms with Gasteiger partial charge in [0.1, 0.15) is 25.1 Å². The largest absolute Gasteiger partial charge is 0.491 e. The fourth-order valence-electron chi connectivity index (χ4n) is 10.2. The summed E-state index contributed by atoms with van der Waals surface area (Å²) in [6.45, 7) is 5.39. The van der Waals surface area contributed by atoms with Crippen LogP contribution in [0.15, 0.2) is 61.2 Å². The molecular weight excluding hydrogens is 757 g/mol. The van der Waals surface area contributed by atoms with Gasteiger partial charge in [0.15, 0.2) is 0 Å². The molecular formula is C42H53Cl2N5O7. The van der Waals surface area contributed by atoms with E-state index in [0.29, 0.717) is 81.2 Å². The SMILES string of the molecule is O=C(CC12CC3CC(CC(C3)C1)C2)NCCOCCOCC(=O)N1CCN(c2ccc(OC[C@H]3CO[C@](Cn4ccnc4)(c4ccc(Cl)cc4Cl)O3)cc2)CC1. The molecule has 6 fully saturated rings. The van der Waals surface area contributed by atoms with Crippen LogP contribution in [0.5, 0.6) is 5.75 Å². The van der Waals surface area contributed by atoms with Crippen LogP contribution in [0.2, 0.25) is 10.0 Å². The Bertz CT molecular complexity index is 1750. The molecule has 0 spiro atoms. The summed E-state index contributed by atoms with van der Waals surface area (Å²) in [5.41, 5.74) is 2.02. The lowest BCUT2D eigenvalue weighted by Crippen LogP contribution is -2.49. The van der Waals surface area contributed by atoms with Crippen LogP contribution in [-0.2, 0) is 40.9 Å². The smallest absolute Gasteiger partial charge is 0.248 e. The third-order valence-electron chi connectivity index (χ3n) is 12.3. The van der Waals surface area contributed by atoms with E-state index in [1.54, 1.807) is 24.7 Å². The van der Waals surface area contributed by atoms with Gasteiger partial charge in [-0.3, -0.25) is 9.59 Å². The predicted octanol–water partition coefficient (Wildman–Crippen LogP) is 5.94. The molecule has 3 aromatic rings. The van der Waals surface area contributed by atoms with Crippen molar-refractivity contribution in [3.05, 3.63) is 76.8 Å². The average molecular weight is 811 g/mol. The third kappa shape index (κ3) is 9.48.